The fourth-order valence-electron chi connectivity index (χ4n) is 5.86. The number of carbonyl (C=O) groups excluding carboxylic acids is 2. The number of likely N-dealkylation sites (tertiary alicyclic amines) is 1. The summed E-state index contributed by atoms with van der Waals surface area (Å²) < 4.78 is 25.8. The van der Waals surface area contributed by atoms with Crippen LogP contribution in [0.4, 0.5) is 0 Å². The third-order valence-electron chi connectivity index (χ3n) is 7.83. The van der Waals surface area contributed by atoms with Gasteiger partial charge < -0.3 is 28.4 Å². The highest BCUT2D eigenvalue weighted by Crippen LogP contribution is 2.46. The molecule has 1 saturated heterocycles. The van der Waals surface area contributed by atoms with Gasteiger partial charge >= 0.3 is 5.97 Å². The number of methoxy groups -OCH3 is 1. The van der Waals surface area contributed by atoms with Gasteiger partial charge in [0.1, 0.15) is 12.2 Å². The second-order valence-corrected chi connectivity index (χ2v) is 10.8. The van der Waals surface area contributed by atoms with Crippen LogP contribution in [0, 0.1) is 5.92 Å². The molecule has 2 aliphatic rings. The summed E-state index contributed by atoms with van der Waals surface area (Å²) in [6.45, 7) is 5.81. The SMILES string of the molecule is CCOC(=O)CC1CCN(C(=O)CC2O[C@H](c3cccc(OC)c3OCC)c3cc(Cl)ccc3-n3cccc32)CC1. The van der Waals surface area contributed by atoms with Crippen LogP contribution in [0.25, 0.3) is 5.69 Å². The molecule has 2 aliphatic heterocycles. The van der Waals surface area contributed by atoms with Crippen LogP contribution < -0.4 is 9.47 Å². The number of fused-ring (bicyclic) bond motifs is 3. The Morgan fingerprint density at radius 1 is 1.00 bits per heavy atom. The Labute approximate surface area is 246 Å². The van der Waals surface area contributed by atoms with Gasteiger partial charge in [-0.05, 0) is 69.0 Å². The third kappa shape index (κ3) is 6.23. The zero-order chi connectivity index (χ0) is 28.9. The zero-order valence-electron chi connectivity index (χ0n) is 23.8. The van der Waals surface area contributed by atoms with E-state index in [1.807, 2.05) is 73.5 Å². The summed E-state index contributed by atoms with van der Waals surface area (Å²) in [5, 5.41) is 0.590. The van der Waals surface area contributed by atoms with Gasteiger partial charge in [0.15, 0.2) is 11.5 Å². The van der Waals surface area contributed by atoms with Crippen LogP contribution in [-0.4, -0.2) is 54.8 Å². The minimum Gasteiger partial charge on any atom is -0.493 e. The lowest BCUT2D eigenvalue weighted by molar-refractivity contribution is -0.144. The number of esters is 1. The number of hydrogen-bond donors (Lipinski definition) is 0. The molecule has 3 heterocycles. The molecule has 0 saturated carbocycles. The minimum absolute atomic E-state index is 0.0238. The molecule has 1 unspecified atom stereocenters. The molecule has 1 amide bonds. The summed E-state index contributed by atoms with van der Waals surface area (Å²) in [4.78, 5) is 27.5. The number of para-hydroxylation sites is 1. The second-order valence-electron chi connectivity index (χ2n) is 10.4. The molecule has 218 valence electrons. The van der Waals surface area contributed by atoms with Gasteiger partial charge in [-0.2, -0.15) is 0 Å². The summed E-state index contributed by atoms with van der Waals surface area (Å²) in [6.07, 6.45) is 3.04. The van der Waals surface area contributed by atoms with Gasteiger partial charge in [-0.1, -0.05) is 23.7 Å². The lowest BCUT2D eigenvalue weighted by Crippen LogP contribution is -2.39. The summed E-state index contributed by atoms with van der Waals surface area (Å²) in [5.74, 6) is 1.31. The Balaban J connectivity index is 1.44. The summed E-state index contributed by atoms with van der Waals surface area (Å²) in [6, 6.07) is 15.5. The van der Waals surface area contributed by atoms with Crippen molar-refractivity contribution in [2.45, 2.75) is 51.7 Å². The largest absolute Gasteiger partial charge is 0.493 e. The molecular weight excluding hydrogens is 544 g/mol. The number of hydrogen-bond acceptors (Lipinski definition) is 6. The first-order chi connectivity index (χ1) is 19.9. The minimum atomic E-state index is -0.562. The van der Waals surface area contributed by atoms with E-state index >= 15 is 0 Å². The molecule has 5 rings (SSSR count). The summed E-state index contributed by atoms with van der Waals surface area (Å²) in [5.41, 5.74) is 3.50. The van der Waals surface area contributed by atoms with Crippen LogP contribution in [0.5, 0.6) is 11.5 Å². The highest BCUT2D eigenvalue weighted by molar-refractivity contribution is 6.30. The summed E-state index contributed by atoms with van der Waals surface area (Å²) >= 11 is 6.52. The van der Waals surface area contributed by atoms with Gasteiger partial charge in [0.25, 0.3) is 0 Å². The Kier molecular flexibility index (Phi) is 9.20. The van der Waals surface area contributed by atoms with Crippen LogP contribution in [0.3, 0.4) is 0 Å². The van der Waals surface area contributed by atoms with Crippen molar-refractivity contribution in [1.29, 1.82) is 0 Å². The Morgan fingerprint density at radius 3 is 2.54 bits per heavy atom. The van der Waals surface area contributed by atoms with Crippen molar-refractivity contribution in [3.63, 3.8) is 0 Å². The molecule has 8 nitrogen and oxygen atoms in total. The molecule has 0 aliphatic carbocycles. The van der Waals surface area contributed by atoms with E-state index in [9.17, 15) is 9.59 Å². The quantitative estimate of drug-likeness (QED) is 0.277. The Morgan fingerprint density at radius 2 is 1.80 bits per heavy atom. The first-order valence-corrected chi connectivity index (χ1v) is 14.7. The molecule has 41 heavy (non-hydrogen) atoms. The van der Waals surface area contributed by atoms with Gasteiger partial charge in [0, 0.05) is 41.9 Å². The number of piperidine rings is 1. The fourth-order valence-corrected chi connectivity index (χ4v) is 6.04. The topological polar surface area (TPSA) is 79.2 Å². The second kappa shape index (κ2) is 13.0. The smallest absolute Gasteiger partial charge is 0.306 e. The number of halogens is 1. The monoisotopic (exact) mass is 580 g/mol. The van der Waals surface area contributed by atoms with E-state index in [4.69, 9.17) is 30.5 Å². The maximum absolute atomic E-state index is 13.7. The van der Waals surface area contributed by atoms with Crippen molar-refractivity contribution in [1.82, 2.24) is 9.47 Å². The van der Waals surface area contributed by atoms with E-state index in [0.717, 1.165) is 35.3 Å². The number of ether oxygens (including phenoxy) is 4. The van der Waals surface area contributed by atoms with Gasteiger partial charge in [0.05, 0.1) is 38.1 Å². The third-order valence-corrected chi connectivity index (χ3v) is 8.07. The molecule has 0 spiro atoms. The van der Waals surface area contributed by atoms with Crippen LogP contribution in [0.1, 0.15) is 68.6 Å². The van der Waals surface area contributed by atoms with Crippen molar-refractivity contribution in [2.24, 2.45) is 5.92 Å². The molecule has 2 aromatic carbocycles. The molecule has 1 fully saturated rings. The molecule has 2 atom stereocenters. The van der Waals surface area contributed by atoms with Crippen LogP contribution >= 0.6 is 11.6 Å². The van der Waals surface area contributed by atoms with E-state index in [-0.39, 0.29) is 24.2 Å². The maximum atomic E-state index is 13.7. The molecule has 3 aromatic rings. The van der Waals surface area contributed by atoms with Crippen LogP contribution in [0.2, 0.25) is 5.02 Å². The number of aromatic nitrogens is 1. The van der Waals surface area contributed by atoms with E-state index in [1.165, 1.54) is 0 Å². The lowest BCUT2D eigenvalue weighted by atomic mass is 9.93. The number of carbonyl (C=O) groups is 2. The Hall–Kier alpha value is -3.49. The van der Waals surface area contributed by atoms with Crippen LogP contribution in [-0.2, 0) is 19.1 Å². The van der Waals surface area contributed by atoms with Crippen LogP contribution in [0.15, 0.2) is 54.7 Å². The number of amides is 1. The fraction of sp³-hybridized carbons (Fsp3) is 0.438. The highest BCUT2D eigenvalue weighted by atomic mass is 35.5. The van der Waals surface area contributed by atoms with Crippen molar-refractivity contribution in [3.8, 4) is 17.2 Å². The average molecular weight is 581 g/mol. The maximum Gasteiger partial charge on any atom is 0.306 e. The van der Waals surface area contributed by atoms with Crippen molar-refractivity contribution in [3.05, 3.63) is 76.6 Å². The zero-order valence-corrected chi connectivity index (χ0v) is 24.6. The van der Waals surface area contributed by atoms with Gasteiger partial charge in [0.2, 0.25) is 5.91 Å². The average Bonchev–Trinajstić information content (AvgIpc) is 3.41. The van der Waals surface area contributed by atoms with Crippen molar-refractivity contribution < 1.29 is 28.5 Å². The van der Waals surface area contributed by atoms with Gasteiger partial charge in [-0.15, -0.1) is 0 Å². The molecule has 1 aromatic heterocycles. The number of benzene rings is 2. The standard InChI is InChI=1S/C32H37ClN2O6/c1-4-39-30(37)18-21-13-16-34(17-14-21)29(36)20-28-26-9-7-15-35(26)25-12-11-22(33)19-24(25)31(41-28)23-8-6-10-27(38-3)32(23)40-5-2/h6-12,15,19,21,28,31H,4-5,13-14,16-18,20H2,1-3H3/t28?,31-/m1/s1. The van der Waals surface area contributed by atoms with Gasteiger partial charge in [-0.25, -0.2) is 0 Å². The predicted octanol–water partition coefficient (Wildman–Crippen LogP) is 6.28. The van der Waals surface area contributed by atoms with Gasteiger partial charge in [-0.3, -0.25) is 9.59 Å². The lowest BCUT2D eigenvalue weighted by Gasteiger charge is -2.33. The number of nitrogens with zero attached hydrogens (tertiary/aromatic N) is 2. The van der Waals surface area contributed by atoms with Crippen molar-refractivity contribution >= 4 is 23.5 Å². The molecular formula is C32H37ClN2O6. The van der Waals surface area contributed by atoms with E-state index < -0.39 is 12.2 Å². The highest BCUT2D eigenvalue weighted by Gasteiger charge is 2.35. The Bertz CT molecular complexity index is 1380. The van der Waals surface area contributed by atoms with E-state index in [0.29, 0.717) is 49.2 Å². The normalized spacial score (nSPS) is 18.7. The first kappa shape index (κ1) is 29.0. The first-order valence-electron chi connectivity index (χ1n) is 14.3. The van der Waals surface area contributed by atoms with E-state index in [1.54, 1.807) is 7.11 Å². The van der Waals surface area contributed by atoms with Crippen molar-refractivity contribution in [2.75, 3.05) is 33.4 Å². The van der Waals surface area contributed by atoms with E-state index in [2.05, 4.69) is 4.57 Å². The molecule has 0 bridgehead atoms. The molecule has 0 radical (unpaired) electrons. The molecule has 0 N–H and O–H groups in total. The molecule has 9 heteroatoms. The number of rotatable bonds is 9. The predicted molar refractivity (Wildman–Crippen MR) is 156 cm³/mol. The summed E-state index contributed by atoms with van der Waals surface area (Å²) in [7, 11) is 1.61.